The van der Waals surface area contributed by atoms with Crippen LogP contribution in [-0.2, 0) is 16.4 Å². The first kappa shape index (κ1) is 16.8. The maximum atomic E-state index is 12.9. The third kappa shape index (κ3) is 3.99. The molecule has 0 aromatic heterocycles. The summed E-state index contributed by atoms with van der Waals surface area (Å²) in [5, 5.41) is 0. The summed E-state index contributed by atoms with van der Waals surface area (Å²) >= 11 is 5.72. The fourth-order valence-corrected chi connectivity index (χ4v) is 4.93. The summed E-state index contributed by atoms with van der Waals surface area (Å²) in [6.45, 7) is 2.71. The van der Waals surface area contributed by atoms with E-state index in [4.69, 9.17) is 11.6 Å². The maximum absolute atomic E-state index is 12.9. The zero-order valence-corrected chi connectivity index (χ0v) is 14.2. The van der Waals surface area contributed by atoms with E-state index < -0.39 is 10.0 Å². The topological polar surface area (TPSA) is 37.4 Å². The maximum Gasteiger partial charge on any atom is 0.243 e. The van der Waals surface area contributed by atoms with E-state index in [0.717, 1.165) is 44.1 Å². The first-order valence-corrected chi connectivity index (χ1v) is 9.73. The van der Waals surface area contributed by atoms with Gasteiger partial charge >= 0.3 is 0 Å². The fraction of sp³-hybridized carbons (Fsp3) is 0.625. The second kappa shape index (κ2) is 7.61. The molecule has 2 rings (SSSR count). The van der Waals surface area contributed by atoms with E-state index in [9.17, 15) is 8.42 Å². The Labute approximate surface area is 133 Å². The summed E-state index contributed by atoms with van der Waals surface area (Å²) in [7, 11) is -3.38. The number of hydrogen-bond donors (Lipinski definition) is 0. The summed E-state index contributed by atoms with van der Waals surface area (Å²) in [6.07, 6.45) is 5.82. The number of aryl methyl sites for hydroxylation is 1. The second-order valence-corrected chi connectivity index (χ2v) is 7.88. The number of halogens is 1. The van der Waals surface area contributed by atoms with Gasteiger partial charge in [-0.2, -0.15) is 4.31 Å². The predicted molar refractivity (Wildman–Crippen MR) is 87.3 cm³/mol. The number of nitrogens with zero attached hydrogens (tertiary/aromatic N) is 1. The predicted octanol–water partition coefficient (Wildman–Crippen LogP) is 3.81. The lowest BCUT2D eigenvalue weighted by Gasteiger charge is -2.28. The van der Waals surface area contributed by atoms with Gasteiger partial charge in [-0.3, -0.25) is 0 Å². The monoisotopic (exact) mass is 329 g/mol. The molecule has 3 nitrogen and oxygen atoms in total. The molecular formula is C16H24ClNO2S. The van der Waals surface area contributed by atoms with Gasteiger partial charge in [-0.15, -0.1) is 11.6 Å². The fourth-order valence-electron chi connectivity index (χ4n) is 2.95. The quantitative estimate of drug-likeness (QED) is 0.770. The molecule has 0 N–H and O–H groups in total. The molecule has 1 fully saturated rings. The highest BCUT2D eigenvalue weighted by atomic mass is 35.5. The molecule has 0 bridgehead atoms. The lowest BCUT2D eigenvalue weighted by molar-refractivity contribution is 0.315. The summed E-state index contributed by atoms with van der Waals surface area (Å²) < 4.78 is 27.5. The molecule has 118 valence electrons. The van der Waals surface area contributed by atoms with Crippen molar-refractivity contribution in [1.29, 1.82) is 0 Å². The van der Waals surface area contributed by atoms with Crippen molar-refractivity contribution in [2.24, 2.45) is 0 Å². The van der Waals surface area contributed by atoms with Crippen molar-refractivity contribution in [3.05, 3.63) is 29.8 Å². The Bertz CT molecular complexity index is 542. The Morgan fingerprint density at radius 1 is 1.19 bits per heavy atom. The SMILES string of the molecule is CCC1CCCCCN1S(=O)(=O)c1ccc(CCCl)cc1. The number of benzene rings is 1. The third-order valence-electron chi connectivity index (χ3n) is 4.21. The van der Waals surface area contributed by atoms with Crippen LogP contribution in [0.4, 0.5) is 0 Å². The van der Waals surface area contributed by atoms with Gasteiger partial charge in [0.05, 0.1) is 4.90 Å². The molecule has 0 amide bonds. The van der Waals surface area contributed by atoms with Gasteiger partial charge in [-0.25, -0.2) is 8.42 Å². The molecule has 21 heavy (non-hydrogen) atoms. The van der Waals surface area contributed by atoms with E-state index in [1.165, 1.54) is 0 Å². The third-order valence-corrected chi connectivity index (χ3v) is 6.36. The van der Waals surface area contributed by atoms with Crippen LogP contribution in [-0.4, -0.2) is 31.2 Å². The number of rotatable bonds is 5. The zero-order valence-electron chi connectivity index (χ0n) is 12.6. The zero-order chi connectivity index (χ0) is 15.3. The first-order valence-electron chi connectivity index (χ1n) is 7.76. The van der Waals surface area contributed by atoms with Crippen LogP contribution in [0.3, 0.4) is 0 Å². The lowest BCUT2D eigenvalue weighted by Crippen LogP contribution is -2.39. The van der Waals surface area contributed by atoms with Crippen LogP contribution in [0.5, 0.6) is 0 Å². The molecule has 1 atom stereocenters. The summed E-state index contributed by atoms with van der Waals surface area (Å²) in [6, 6.07) is 7.31. The van der Waals surface area contributed by atoms with E-state index in [1.54, 1.807) is 16.4 Å². The van der Waals surface area contributed by atoms with Crippen LogP contribution in [0.15, 0.2) is 29.2 Å². The van der Waals surface area contributed by atoms with Crippen molar-refractivity contribution in [2.45, 2.75) is 56.4 Å². The van der Waals surface area contributed by atoms with Crippen molar-refractivity contribution in [1.82, 2.24) is 4.31 Å². The summed E-state index contributed by atoms with van der Waals surface area (Å²) in [5.41, 5.74) is 1.08. The minimum Gasteiger partial charge on any atom is -0.207 e. The van der Waals surface area contributed by atoms with Crippen LogP contribution in [0, 0.1) is 0 Å². The Morgan fingerprint density at radius 3 is 2.52 bits per heavy atom. The van der Waals surface area contributed by atoms with Crippen molar-refractivity contribution in [3.8, 4) is 0 Å². The Morgan fingerprint density at radius 2 is 1.90 bits per heavy atom. The normalized spacial score (nSPS) is 21.1. The Kier molecular flexibility index (Phi) is 6.08. The Hall–Kier alpha value is -0.580. The second-order valence-electron chi connectivity index (χ2n) is 5.61. The van der Waals surface area contributed by atoms with E-state index in [-0.39, 0.29) is 6.04 Å². The van der Waals surface area contributed by atoms with E-state index in [1.807, 2.05) is 12.1 Å². The van der Waals surface area contributed by atoms with Crippen LogP contribution < -0.4 is 0 Å². The molecular weight excluding hydrogens is 306 g/mol. The van der Waals surface area contributed by atoms with E-state index in [0.29, 0.717) is 17.3 Å². The molecule has 1 aliphatic heterocycles. The van der Waals surface area contributed by atoms with Gasteiger partial charge < -0.3 is 0 Å². The van der Waals surface area contributed by atoms with Crippen molar-refractivity contribution in [2.75, 3.05) is 12.4 Å². The standard InChI is InChI=1S/C16H24ClNO2S/c1-2-15-6-4-3-5-13-18(15)21(19,20)16-9-7-14(8-10-16)11-12-17/h7-10,15H,2-6,11-13H2,1H3. The van der Waals surface area contributed by atoms with Gasteiger partial charge in [0.25, 0.3) is 0 Å². The molecule has 1 heterocycles. The van der Waals surface area contributed by atoms with Gasteiger partial charge in [0.15, 0.2) is 0 Å². The average molecular weight is 330 g/mol. The average Bonchev–Trinajstić information content (AvgIpc) is 2.73. The molecule has 0 radical (unpaired) electrons. The smallest absolute Gasteiger partial charge is 0.207 e. The lowest BCUT2D eigenvalue weighted by atomic mass is 10.1. The molecule has 1 aliphatic rings. The van der Waals surface area contributed by atoms with Gasteiger partial charge in [0.1, 0.15) is 0 Å². The van der Waals surface area contributed by atoms with E-state index in [2.05, 4.69) is 6.92 Å². The van der Waals surface area contributed by atoms with Crippen molar-refractivity contribution < 1.29 is 8.42 Å². The highest BCUT2D eigenvalue weighted by Crippen LogP contribution is 2.26. The minimum absolute atomic E-state index is 0.139. The molecule has 0 spiro atoms. The number of sulfonamides is 1. The molecule has 0 aliphatic carbocycles. The van der Waals surface area contributed by atoms with Crippen LogP contribution >= 0.6 is 11.6 Å². The van der Waals surface area contributed by atoms with Gasteiger partial charge in [0.2, 0.25) is 10.0 Å². The summed E-state index contributed by atoms with van der Waals surface area (Å²) in [4.78, 5) is 0.404. The van der Waals surface area contributed by atoms with Crippen molar-refractivity contribution >= 4 is 21.6 Å². The first-order chi connectivity index (χ1) is 10.1. The Balaban J connectivity index is 2.26. The minimum atomic E-state index is -3.38. The van der Waals surface area contributed by atoms with Gasteiger partial charge in [-0.05, 0) is 43.4 Å². The molecule has 5 heteroatoms. The van der Waals surface area contributed by atoms with Crippen LogP contribution in [0.1, 0.15) is 44.6 Å². The summed E-state index contributed by atoms with van der Waals surface area (Å²) in [5.74, 6) is 0.552. The highest BCUT2D eigenvalue weighted by molar-refractivity contribution is 7.89. The van der Waals surface area contributed by atoms with Crippen LogP contribution in [0.25, 0.3) is 0 Å². The molecule has 1 saturated heterocycles. The van der Waals surface area contributed by atoms with Crippen LogP contribution in [0.2, 0.25) is 0 Å². The molecule has 1 unspecified atom stereocenters. The number of hydrogen-bond acceptors (Lipinski definition) is 2. The number of alkyl halides is 1. The van der Waals surface area contributed by atoms with Gasteiger partial charge in [-0.1, -0.05) is 31.9 Å². The van der Waals surface area contributed by atoms with Crippen molar-refractivity contribution in [3.63, 3.8) is 0 Å². The molecule has 1 aromatic carbocycles. The van der Waals surface area contributed by atoms with E-state index >= 15 is 0 Å². The molecule has 0 saturated carbocycles. The largest absolute Gasteiger partial charge is 0.243 e. The highest BCUT2D eigenvalue weighted by Gasteiger charge is 2.31. The van der Waals surface area contributed by atoms with Gasteiger partial charge in [0, 0.05) is 18.5 Å². The molecule has 1 aromatic rings.